The van der Waals surface area contributed by atoms with Crippen LogP contribution in [0.1, 0.15) is 26.7 Å². The molecule has 0 aromatic rings. The van der Waals surface area contributed by atoms with Crippen molar-refractivity contribution in [2.45, 2.75) is 26.7 Å². The molecule has 0 aliphatic rings. The van der Waals surface area contributed by atoms with Gasteiger partial charge in [0.05, 0.1) is 0 Å². The molecule has 0 unspecified atom stereocenters. The molecule has 0 aromatic heterocycles. The van der Waals surface area contributed by atoms with Crippen molar-refractivity contribution >= 4 is 11.8 Å². The van der Waals surface area contributed by atoms with Crippen LogP contribution in [0.2, 0.25) is 0 Å². The molecule has 0 aromatic carbocycles. The Bertz CT molecular complexity index is 180. The first kappa shape index (κ1) is 11.9. The minimum Gasteiger partial charge on any atom is -0.356 e. The zero-order chi connectivity index (χ0) is 10.3. The molecule has 0 fully saturated rings. The van der Waals surface area contributed by atoms with Crippen LogP contribution in [0.15, 0.2) is 0 Å². The first-order valence-corrected chi connectivity index (χ1v) is 4.62. The maximum atomic E-state index is 11.1. The lowest BCUT2D eigenvalue weighted by Gasteiger charge is -2.15. The lowest BCUT2D eigenvalue weighted by Crippen LogP contribution is -2.31. The summed E-state index contributed by atoms with van der Waals surface area (Å²) in [5.41, 5.74) is 0. The van der Waals surface area contributed by atoms with Crippen LogP contribution >= 0.6 is 0 Å². The molecule has 0 bridgehead atoms. The molecular formula is C9H18N2O2. The monoisotopic (exact) mass is 186 g/mol. The van der Waals surface area contributed by atoms with Gasteiger partial charge in [-0.15, -0.1) is 0 Å². The highest BCUT2D eigenvalue weighted by molar-refractivity contribution is 5.78. The van der Waals surface area contributed by atoms with Crippen molar-refractivity contribution in [1.29, 1.82) is 0 Å². The van der Waals surface area contributed by atoms with Crippen LogP contribution in [0.4, 0.5) is 0 Å². The van der Waals surface area contributed by atoms with Gasteiger partial charge >= 0.3 is 0 Å². The molecule has 0 saturated carbocycles. The normalized spacial score (nSPS) is 9.46. The van der Waals surface area contributed by atoms with E-state index < -0.39 is 0 Å². The fraction of sp³-hybridized carbons (Fsp3) is 0.778. The quantitative estimate of drug-likeness (QED) is 0.675. The zero-order valence-corrected chi connectivity index (χ0v) is 8.59. The van der Waals surface area contributed by atoms with Crippen molar-refractivity contribution in [2.24, 2.45) is 0 Å². The summed E-state index contributed by atoms with van der Waals surface area (Å²) in [6.07, 6.45) is 0.877. The highest BCUT2D eigenvalue weighted by atomic mass is 16.2. The lowest BCUT2D eigenvalue weighted by molar-refractivity contribution is -0.130. The van der Waals surface area contributed by atoms with Crippen molar-refractivity contribution in [3.63, 3.8) is 0 Å². The molecule has 2 amide bonds. The average molecular weight is 186 g/mol. The zero-order valence-electron chi connectivity index (χ0n) is 8.59. The van der Waals surface area contributed by atoms with Gasteiger partial charge in [0.25, 0.3) is 0 Å². The Morgan fingerprint density at radius 3 is 2.38 bits per heavy atom. The number of hydrogen-bond acceptors (Lipinski definition) is 2. The van der Waals surface area contributed by atoms with Crippen LogP contribution in [0, 0.1) is 0 Å². The largest absolute Gasteiger partial charge is 0.356 e. The maximum absolute atomic E-state index is 11.1. The van der Waals surface area contributed by atoms with Crippen LogP contribution in [-0.2, 0) is 9.59 Å². The SMILES string of the molecule is CCNC(=O)CCN(C)C(=O)CC. The smallest absolute Gasteiger partial charge is 0.222 e. The van der Waals surface area contributed by atoms with Crippen molar-refractivity contribution < 1.29 is 9.59 Å². The summed E-state index contributed by atoms with van der Waals surface area (Å²) in [4.78, 5) is 23.7. The predicted molar refractivity (Wildman–Crippen MR) is 51.2 cm³/mol. The molecule has 0 heterocycles. The maximum Gasteiger partial charge on any atom is 0.222 e. The third-order valence-electron chi connectivity index (χ3n) is 1.78. The summed E-state index contributed by atoms with van der Waals surface area (Å²) < 4.78 is 0. The van der Waals surface area contributed by atoms with E-state index in [1.807, 2.05) is 13.8 Å². The van der Waals surface area contributed by atoms with Gasteiger partial charge < -0.3 is 10.2 Å². The molecule has 0 aliphatic heterocycles. The van der Waals surface area contributed by atoms with Gasteiger partial charge in [0.2, 0.25) is 11.8 Å². The van der Waals surface area contributed by atoms with Gasteiger partial charge in [-0.1, -0.05) is 6.92 Å². The Morgan fingerprint density at radius 2 is 1.92 bits per heavy atom. The number of nitrogens with zero attached hydrogens (tertiary/aromatic N) is 1. The topological polar surface area (TPSA) is 49.4 Å². The highest BCUT2D eigenvalue weighted by Crippen LogP contribution is 1.91. The molecule has 0 rings (SSSR count). The van der Waals surface area contributed by atoms with Crippen molar-refractivity contribution in [3.8, 4) is 0 Å². The second kappa shape index (κ2) is 6.46. The molecule has 0 atom stereocenters. The molecule has 1 N–H and O–H groups in total. The summed E-state index contributed by atoms with van der Waals surface area (Å²) in [6, 6.07) is 0. The van der Waals surface area contributed by atoms with Gasteiger partial charge in [-0.2, -0.15) is 0 Å². The molecule has 0 saturated heterocycles. The second-order valence-corrected chi connectivity index (χ2v) is 2.87. The highest BCUT2D eigenvalue weighted by Gasteiger charge is 2.07. The van der Waals surface area contributed by atoms with Crippen LogP contribution in [0.3, 0.4) is 0 Å². The minimum atomic E-state index is -0.00162. The van der Waals surface area contributed by atoms with Crippen LogP contribution < -0.4 is 5.32 Å². The fourth-order valence-corrected chi connectivity index (χ4v) is 0.949. The van der Waals surface area contributed by atoms with E-state index >= 15 is 0 Å². The van der Waals surface area contributed by atoms with E-state index in [4.69, 9.17) is 0 Å². The number of hydrogen-bond donors (Lipinski definition) is 1. The number of amides is 2. The molecule has 0 radical (unpaired) electrons. The van der Waals surface area contributed by atoms with Gasteiger partial charge in [0.1, 0.15) is 0 Å². The van der Waals surface area contributed by atoms with E-state index in [9.17, 15) is 9.59 Å². The first-order valence-electron chi connectivity index (χ1n) is 4.62. The standard InChI is InChI=1S/C9H18N2O2/c1-4-9(13)11(3)7-6-8(12)10-5-2/h4-7H2,1-3H3,(H,10,12). The molecule has 76 valence electrons. The minimum absolute atomic E-state index is 0.00162. The van der Waals surface area contributed by atoms with E-state index in [1.165, 1.54) is 0 Å². The summed E-state index contributed by atoms with van der Waals surface area (Å²) >= 11 is 0. The lowest BCUT2D eigenvalue weighted by atomic mass is 10.3. The molecule has 4 heteroatoms. The molecule has 13 heavy (non-hydrogen) atoms. The van der Waals surface area contributed by atoms with Crippen molar-refractivity contribution in [1.82, 2.24) is 10.2 Å². The van der Waals surface area contributed by atoms with Gasteiger partial charge in [-0.25, -0.2) is 0 Å². The Hall–Kier alpha value is -1.06. The predicted octanol–water partition coefficient (Wildman–Crippen LogP) is 0.381. The molecule has 0 aliphatic carbocycles. The summed E-state index contributed by atoms with van der Waals surface area (Å²) in [5.74, 6) is 0.0718. The Labute approximate surface area is 79.3 Å². The van der Waals surface area contributed by atoms with E-state index in [1.54, 1.807) is 11.9 Å². The summed E-state index contributed by atoms with van der Waals surface area (Å²) in [7, 11) is 1.71. The Kier molecular flexibility index (Phi) is 5.93. The van der Waals surface area contributed by atoms with E-state index in [-0.39, 0.29) is 11.8 Å². The van der Waals surface area contributed by atoms with Gasteiger partial charge in [-0.3, -0.25) is 9.59 Å². The number of carbonyl (C=O) groups is 2. The molecular weight excluding hydrogens is 168 g/mol. The Balaban J connectivity index is 3.63. The van der Waals surface area contributed by atoms with E-state index in [2.05, 4.69) is 5.32 Å². The van der Waals surface area contributed by atoms with E-state index in [0.717, 1.165) is 0 Å². The van der Waals surface area contributed by atoms with Crippen LogP contribution in [0.5, 0.6) is 0 Å². The molecule has 0 spiro atoms. The molecule has 4 nitrogen and oxygen atoms in total. The average Bonchev–Trinajstić information content (AvgIpc) is 2.13. The third-order valence-corrected chi connectivity index (χ3v) is 1.78. The van der Waals surface area contributed by atoms with Crippen LogP contribution in [-0.4, -0.2) is 36.9 Å². The Morgan fingerprint density at radius 1 is 1.31 bits per heavy atom. The number of nitrogens with one attached hydrogen (secondary N) is 1. The van der Waals surface area contributed by atoms with Gasteiger partial charge in [0, 0.05) is 33.0 Å². The van der Waals surface area contributed by atoms with E-state index in [0.29, 0.717) is 25.9 Å². The van der Waals surface area contributed by atoms with Gasteiger partial charge in [-0.05, 0) is 6.92 Å². The van der Waals surface area contributed by atoms with Gasteiger partial charge in [0.15, 0.2) is 0 Å². The summed E-state index contributed by atoms with van der Waals surface area (Å²) in [5, 5.41) is 2.68. The number of carbonyl (C=O) groups excluding carboxylic acids is 2. The second-order valence-electron chi connectivity index (χ2n) is 2.87. The van der Waals surface area contributed by atoms with Crippen molar-refractivity contribution in [3.05, 3.63) is 0 Å². The third kappa shape index (κ3) is 5.22. The fourth-order valence-electron chi connectivity index (χ4n) is 0.949. The van der Waals surface area contributed by atoms with Crippen molar-refractivity contribution in [2.75, 3.05) is 20.1 Å². The number of rotatable bonds is 5. The van der Waals surface area contributed by atoms with Crippen LogP contribution in [0.25, 0.3) is 0 Å². The first-order chi connectivity index (χ1) is 6.11. The summed E-state index contributed by atoms with van der Waals surface area (Å²) in [6.45, 7) is 4.83.